The van der Waals surface area contributed by atoms with Crippen LogP contribution in [0.4, 0.5) is 17.1 Å². The minimum Gasteiger partial charge on any atom is -0.310 e. The lowest BCUT2D eigenvalue weighted by Crippen LogP contribution is -2.32. The highest BCUT2D eigenvalue weighted by Crippen LogP contribution is 2.65. The number of hydrogen-bond donors (Lipinski definition) is 0. The SMILES string of the molecule is c1ccc2c(c1)Sc1ccccc1C21c2ccccc2-c2ccc(N(c3ccc(-c4ccc5sc6ccccc6c5c4)cc3)c3ccc4c(c3)C3(c5ccccc5Sc5ccccc53)c3ccccc3-4)cc21. The zero-order valence-electron chi connectivity index (χ0n) is 38.8. The van der Waals surface area contributed by atoms with Crippen molar-refractivity contribution < 1.29 is 0 Å². The first kappa shape index (κ1) is 40.8. The lowest BCUT2D eigenvalue weighted by atomic mass is 9.67. The molecule has 0 bridgehead atoms. The molecule has 11 aromatic carbocycles. The van der Waals surface area contributed by atoms with Gasteiger partial charge in [-0.2, -0.15) is 0 Å². The van der Waals surface area contributed by atoms with E-state index in [1.54, 1.807) is 0 Å². The molecule has 0 amide bonds. The van der Waals surface area contributed by atoms with E-state index in [1.807, 2.05) is 34.9 Å². The number of thiophene rings is 1. The Labute approximate surface area is 431 Å². The lowest BCUT2D eigenvalue weighted by Gasteiger charge is -2.40. The summed E-state index contributed by atoms with van der Waals surface area (Å²) < 4.78 is 2.64. The van der Waals surface area contributed by atoms with Gasteiger partial charge >= 0.3 is 0 Å². The van der Waals surface area contributed by atoms with Crippen molar-refractivity contribution in [1.82, 2.24) is 0 Å². The van der Waals surface area contributed by atoms with Gasteiger partial charge in [-0.3, -0.25) is 0 Å². The molecule has 1 aromatic heterocycles. The average Bonchev–Trinajstić information content (AvgIpc) is 4.06. The van der Waals surface area contributed by atoms with E-state index in [1.165, 1.54) is 118 Å². The van der Waals surface area contributed by atoms with Crippen LogP contribution in [0.5, 0.6) is 0 Å². The second-order valence-corrected chi connectivity index (χ2v) is 22.7. The van der Waals surface area contributed by atoms with E-state index < -0.39 is 10.8 Å². The fourth-order valence-corrected chi connectivity index (χ4v) is 16.6. The second kappa shape index (κ2) is 15.3. The molecule has 0 atom stereocenters. The van der Waals surface area contributed by atoms with Crippen molar-refractivity contribution in [3.63, 3.8) is 0 Å². The van der Waals surface area contributed by atoms with Crippen LogP contribution in [0, 0.1) is 0 Å². The number of nitrogens with zero attached hydrogens (tertiary/aromatic N) is 1. The summed E-state index contributed by atoms with van der Waals surface area (Å²) in [5.74, 6) is 0. The molecule has 4 heteroatoms. The van der Waals surface area contributed by atoms with E-state index in [-0.39, 0.29) is 0 Å². The molecule has 1 nitrogen and oxygen atoms in total. The predicted octanol–water partition coefficient (Wildman–Crippen LogP) is 18.8. The van der Waals surface area contributed by atoms with E-state index in [4.69, 9.17) is 0 Å². The third kappa shape index (κ3) is 5.47. The Morgan fingerprint density at radius 2 is 0.653 bits per heavy atom. The Morgan fingerprint density at radius 1 is 0.264 bits per heavy atom. The third-order valence-electron chi connectivity index (χ3n) is 16.0. The summed E-state index contributed by atoms with van der Waals surface area (Å²) in [6.45, 7) is 0. The van der Waals surface area contributed by atoms with Gasteiger partial charge in [-0.15, -0.1) is 11.3 Å². The van der Waals surface area contributed by atoms with E-state index in [9.17, 15) is 0 Å². The van der Waals surface area contributed by atoms with Gasteiger partial charge in [-0.25, -0.2) is 0 Å². The van der Waals surface area contributed by atoms with E-state index in [2.05, 4.69) is 254 Å². The predicted molar refractivity (Wildman–Crippen MR) is 302 cm³/mol. The van der Waals surface area contributed by atoms with Gasteiger partial charge in [-0.05, 0) is 157 Å². The van der Waals surface area contributed by atoms with Crippen LogP contribution in [0.3, 0.4) is 0 Å². The van der Waals surface area contributed by atoms with Gasteiger partial charge in [-0.1, -0.05) is 193 Å². The molecule has 2 aliphatic heterocycles. The normalized spacial score (nSPS) is 14.5. The van der Waals surface area contributed by atoms with Gasteiger partial charge in [0.25, 0.3) is 0 Å². The Morgan fingerprint density at radius 3 is 1.17 bits per heavy atom. The highest BCUT2D eigenvalue weighted by Gasteiger charge is 2.52. The first-order chi connectivity index (χ1) is 35.7. The van der Waals surface area contributed by atoms with Gasteiger partial charge in [0.1, 0.15) is 0 Å². The smallest absolute Gasteiger partial charge is 0.0736 e. The van der Waals surface area contributed by atoms with Gasteiger partial charge in [0.15, 0.2) is 0 Å². The molecule has 2 aliphatic carbocycles. The minimum absolute atomic E-state index is 0.503. The molecule has 16 rings (SSSR count). The molecule has 4 aliphatic rings. The van der Waals surface area contributed by atoms with Crippen LogP contribution in [-0.4, -0.2) is 0 Å². The summed E-state index contributed by atoms with van der Waals surface area (Å²) in [6, 6.07) is 94.4. The van der Waals surface area contributed by atoms with Crippen molar-refractivity contribution in [3.8, 4) is 33.4 Å². The zero-order valence-corrected chi connectivity index (χ0v) is 41.3. The fourth-order valence-electron chi connectivity index (χ4n) is 13.1. The third-order valence-corrected chi connectivity index (χ3v) is 19.5. The average molecular weight is 968 g/mol. The topological polar surface area (TPSA) is 3.24 Å². The minimum atomic E-state index is -0.503. The van der Waals surface area contributed by atoms with Gasteiger partial charge < -0.3 is 4.90 Å². The summed E-state index contributed by atoms with van der Waals surface area (Å²) in [7, 11) is 0. The molecule has 0 N–H and O–H groups in total. The standard InChI is InChI=1S/C68H41NS3/c1-4-18-53-47(15-1)49-36-34-45(40-59(49)67(53)55-20-6-11-25-63(55)71-64-26-12-7-21-56(64)67)69(44-32-29-42(30-33-44)43-31-38-62-52(39-43)51-17-3-10-24-61(51)70-62)46-35-37-50-48-16-2-5-19-54(48)68(60(50)41-46)57-22-8-13-27-65(57)72-66-28-14-9-23-58(66)68/h1-41H. The van der Waals surface area contributed by atoms with E-state index in [0.717, 1.165) is 17.1 Å². The van der Waals surface area contributed by atoms with Crippen molar-refractivity contribution in [2.45, 2.75) is 30.4 Å². The second-order valence-electron chi connectivity index (χ2n) is 19.4. The number of anilines is 3. The molecule has 0 radical (unpaired) electrons. The molecule has 72 heavy (non-hydrogen) atoms. The number of rotatable bonds is 4. The molecular weight excluding hydrogens is 927 g/mol. The molecule has 336 valence electrons. The first-order valence-corrected chi connectivity index (χ1v) is 27.2. The molecule has 12 aromatic rings. The number of benzene rings is 11. The molecule has 0 saturated heterocycles. The van der Waals surface area contributed by atoms with Crippen molar-refractivity contribution in [1.29, 1.82) is 0 Å². The number of hydrogen-bond acceptors (Lipinski definition) is 4. The Bertz CT molecular complexity index is 3970. The Balaban J connectivity index is 0.944. The van der Waals surface area contributed by atoms with Crippen LogP contribution in [-0.2, 0) is 10.8 Å². The van der Waals surface area contributed by atoms with Crippen molar-refractivity contribution in [2.75, 3.05) is 4.90 Å². The Kier molecular flexibility index (Phi) is 8.69. The molecule has 3 heterocycles. The van der Waals surface area contributed by atoms with Gasteiger partial charge in [0.05, 0.1) is 10.8 Å². The van der Waals surface area contributed by atoms with E-state index in [0.29, 0.717) is 0 Å². The van der Waals surface area contributed by atoms with E-state index >= 15 is 0 Å². The lowest BCUT2D eigenvalue weighted by molar-refractivity contribution is 0.721. The summed E-state index contributed by atoms with van der Waals surface area (Å²) in [6.07, 6.45) is 0. The van der Waals surface area contributed by atoms with Crippen LogP contribution in [0.15, 0.2) is 268 Å². The maximum Gasteiger partial charge on any atom is 0.0736 e. The van der Waals surface area contributed by atoms with Crippen LogP contribution in [0.2, 0.25) is 0 Å². The summed E-state index contributed by atoms with van der Waals surface area (Å²) in [5.41, 5.74) is 20.6. The van der Waals surface area contributed by atoms with Crippen LogP contribution in [0.25, 0.3) is 53.6 Å². The van der Waals surface area contributed by atoms with Gasteiger partial charge in [0, 0.05) is 56.8 Å². The first-order valence-electron chi connectivity index (χ1n) is 24.7. The molecule has 2 spiro atoms. The van der Waals surface area contributed by atoms with Crippen LogP contribution >= 0.6 is 34.9 Å². The van der Waals surface area contributed by atoms with Crippen molar-refractivity contribution in [3.05, 3.63) is 293 Å². The number of fused-ring (bicyclic) bond motifs is 21. The molecule has 0 saturated carbocycles. The molecule has 0 unspecified atom stereocenters. The highest BCUT2D eigenvalue weighted by molar-refractivity contribution is 7.99. The van der Waals surface area contributed by atoms with Crippen LogP contribution < -0.4 is 4.90 Å². The largest absolute Gasteiger partial charge is 0.310 e. The Hall–Kier alpha value is -7.86. The fraction of sp³-hybridized carbons (Fsp3) is 0.0294. The maximum absolute atomic E-state index is 2.53. The molecular formula is C68H41NS3. The highest BCUT2D eigenvalue weighted by atomic mass is 32.2. The molecule has 0 fully saturated rings. The summed E-state index contributed by atoms with van der Waals surface area (Å²) in [5, 5.41) is 2.63. The summed E-state index contributed by atoms with van der Waals surface area (Å²) in [4.78, 5) is 7.75. The maximum atomic E-state index is 2.53. The van der Waals surface area contributed by atoms with Crippen molar-refractivity contribution in [2.24, 2.45) is 0 Å². The monoisotopic (exact) mass is 967 g/mol. The quantitative estimate of drug-likeness (QED) is 0.173. The van der Waals surface area contributed by atoms with Gasteiger partial charge in [0.2, 0.25) is 0 Å². The summed E-state index contributed by atoms with van der Waals surface area (Å²) >= 11 is 5.66. The van der Waals surface area contributed by atoms with Crippen LogP contribution in [0.1, 0.15) is 44.5 Å². The zero-order chi connectivity index (χ0) is 47.1. The van der Waals surface area contributed by atoms with Crippen molar-refractivity contribution >= 4 is 72.1 Å².